The molecule has 1 aliphatic rings. The van der Waals surface area contributed by atoms with Gasteiger partial charge in [-0.1, -0.05) is 18.2 Å². The second-order valence-electron chi connectivity index (χ2n) is 5.78. The Morgan fingerprint density at radius 1 is 1.26 bits per heavy atom. The van der Waals surface area contributed by atoms with Crippen molar-refractivity contribution < 1.29 is 9.53 Å². The van der Waals surface area contributed by atoms with E-state index in [9.17, 15) is 4.79 Å². The van der Waals surface area contributed by atoms with E-state index in [0.29, 0.717) is 19.8 Å². The van der Waals surface area contributed by atoms with Crippen molar-refractivity contribution in [1.29, 1.82) is 0 Å². The second kappa shape index (κ2) is 5.83. The van der Waals surface area contributed by atoms with Crippen molar-refractivity contribution in [2.24, 2.45) is 7.05 Å². The average Bonchev–Trinajstić information content (AvgIpc) is 3.20. The summed E-state index contributed by atoms with van der Waals surface area (Å²) in [5.41, 5.74) is 1.91. The molecule has 1 aliphatic heterocycles. The Morgan fingerprint density at radius 3 is 2.96 bits per heavy atom. The van der Waals surface area contributed by atoms with Crippen LogP contribution in [-0.4, -0.2) is 35.1 Å². The van der Waals surface area contributed by atoms with Crippen LogP contribution in [0.5, 0.6) is 0 Å². The summed E-state index contributed by atoms with van der Waals surface area (Å²) in [6.07, 6.45) is 2.01. The highest BCUT2D eigenvalue weighted by atomic mass is 32.1. The number of fused-ring (bicyclic) bond motifs is 1. The van der Waals surface area contributed by atoms with E-state index < -0.39 is 0 Å². The Balaban J connectivity index is 1.72. The van der Waals surface area contributed by atoms with Crippen LogP contribution >= 0.6 is 11.3 Å². The van der Waals surface area contributed by atoms with Gasteiger partial charge in [0.15, 0.2) is 0 Å². The van der Waals surface area contributed by atoms with E-state index in [1.807, 2.05) is 47.8 Å². The molecule has 4 nitrogen and oxygen atoms in total. The number of carbonyl (C=O) groups excluding carboxylic acids is 1. The molecular formula is C18H18N2O2S. The summed E-state index contributed by atoms with van der Waals surface area (Å²) in [5.74, 6) is 0.0944. The number of thiophene rings is 1. The van der Waals surface area contributed by atoms with Crippen LogP contribution in [0, 0.1) is 0 Å². The Hall–Kier alpha value is -2.11. The SMILES string of the molecule is Cn1cccc1[C@@H]1COCCN1C(=O)c1csc2ccccc12. The summed E-state index contributed by atoms with van der Waals surface area (Å²) in [6, 6.07) is 12.1. The van der Waals surface area contributed by atoms with E-state index >= 15 is 0 Å². The molecule has 2 aromatic heterocycles. The lowest BCUT2D eigenvalue weighted by Gasteiger charge is -2.36. The van der Waals surface area contributed by atoms with E-state index in [0.717, 1.165) is 21.3 Å². The summed E-state index contributed by atoms with van der Waals surface area (Å²) in [7, 11) is 2.01. The van der Waals surface area contributed by atoms with Crippen LogP contribution in [0.4, 0.5) is 0 Å². The maximum Gasteiger partial charge on any atom is 0.256 e. The molecule has 1 saturated heterocycles. The first-order chi connectivity index (χ1) is 11.3. The topological polar surface area (TPSA) is 34.5 Å². The van der Waals surface area contributed by atoms with Gasteiger partial charge in [0.25, 0.3) is 5.91 Å². The van der Waals surface area contributed by atoms with Crippen molar-refractivity contribution in [2.45, 2.75) is 6.04 Å². The number of hydrogen-bond acceptors (Lipinski definition) is 3. The zero-order valence-electron chi connectivity index (χ0n) is 12.9. The standard InChI is InChI=1S/C18H18N2O2S/c1-19-8-4-6-15(19)16-11-22-10-9-20(16)18(21)14-12-23-17-7-3-2-5-13(14)17/h2-8,12,16H,9-11H2,1H3/t16-/m0/s1. The fraction of sp³-hybridized carbons (Fsp3) is 0.278. The molecule has 0 unspecified atom stereocenters. The van der Waals surface area contributed by atoms with Crippen molar-refractivity contribution in [1.82, 2.24) is 9.47 Å². The fourth-order valence-corrected chi connectivity index (χ4v) is 4.15. The molecule has 4 rings (SSSR count). The minimum Gasteiger partial charge on any atom is -0.377 e. The molecule has 0 N–H and O–H groups in total. The number of rotatable bonds is 2. The third-order valence-electron chi connectivity index (χ3n) is 4.43. The zero-order chi connectivity index (χ0) is 15.8. The molecule has 5 heteroatoms. The Bertz CT molecular complexity index is 851. The number of carbonyl (C=O) groups is 1. The minimum absolute atomic E-state index is 0.0325. The van der Waals surface area contributed by atoms with E-state index in [2.05, 4.69) is 16.7 Å². The largest absolute Gasteiger partial charge is 0.377 e. The van der Waals surface area contributed by atoms with Crippen molar-refractivity contribution in [3.05, 3.63) is 59.2 Å². The highest BCUT2D eigenvalue weighted by Gasteiger charge is 2.31. The van der Waals surface area contributed by atoms with E-state index in [-0.39, 0.29) is 11.9 Å². The smallest absolute Gasteiger partial charge is 0.256 e. The van der Waals surface area contributed by atoms with Gasteiger partial charge in [0, 0.05) is 40.9 Å². The third kappa shape index (κ3) is 2.46. The third-order valence-corrected chi connectivity index (χ3v) is 5.39. The van der Waals surface area contributed by atoms with Crippen LogP contribution in [0.1, 0.15) is 22.1 Å². The van der Waals surface area contributed by atoms with Gasteiger partial charge >= 0.3 is 0 Å². The highest BCUT2D eigenvalue weighted by molar-refractivity contribution is 7.17. The molecule has 118 valence electrons. The Kier molecular flexibility index (Phi) is 3.67. The maximum atomic E-state index is 13.2. The maximum absolute atomic E-state index is 13.2. The number of hydrogen-bond donors (Lipinski definition) is 0. The molecular weight excluding hydrogens is 308 g/mol. The van der Waals surface area contributed by atoms with Crippen molar-refractivity contribution in [3.8, 4) is 0 Å². The lowest BCUT2D eigenvalue weighted by molar-refractivity contribution is -0.00450. The van der Waals surface area contributed by atoms with Gasteiger partial charge in [-0.15, -0.1) is 11.3 Å². The normalized spacial score (nSPS) is 18.5. The van der Waals surface area contributed by atoms with Crippen molar-refractivity contribution in [3.63, 3.8) is 0 Å². The Labute approximate surface area is 138 Å². The van der Waals surface area contributed by atoms with E-state index in [1.54, 1.807) is 11.3 Å². The fourth-order valence-electron chi connectivity index (χ4n) is 3.21. The minimum atomic E-state index is -0.0325. The van der Waals surface area contributed by atoms with Gasteiger partial charge < -0.3 is 14.2 Å². The number of aryl methyl sites for hydroxylation is 1. The molecule has 1 atom stereocenters. The lowest BCUT2D eigenvalue weighted by Crippen LogP contribution is -2.44. The number of amides is 1. The first-order valence-electron chi connectivity index (χ1n) is 7.72. The highest BCUT2D eigenvalue weighted by Crippen LogP contribution is 2.31. The van der Waals surface area contributed by atoms with Gasteiger partial charge in [-0.2, -0.15) is 0 Å². The zero-order valence-corrected chi connectivity index (χ0v) is 13.8. The van der Waals surface area contributed by atoms with Crippen LogP contribution in [0.3, 0.4) is 0 Å². The van der Waals surface area contributed by atoms with E-state index in [1.165, 1.54) is 0 Å². The molecule has 23 heavy (non-hydrogen) atoms. The predicted molar refractivity (Wildman–Crippen MR) is 91.8 cm³/mol. The summed E-state index contributed by atoms with van der Waals surface area (Å²) < 4.78 is 8.85. The molecule has 0 radical (unpaired) electrons. The van der Waals surface area contributed by atoms with Crippen LogP contribution < -0.4 is 0 Å². The summed E-state index contributed by atoms with van der Waals surface area (Å²) in [4.78, 5) is 15.1. The van der Waals surface area contributed by atoms with Crippen LogP contribution in [0.15, 0.2) is 48.0 Å². The van der Waals surface area contributed by atoms with Crippen LogP contribution in [0.25, 0.3) is 10.1 Å². The first kappa shape index (κ1) is 14.5. The number of ether oxygens (including phenoxy) is 1. The number of morpholine rings is 1. The number of aromatic nitrogens is 1. The molecule has 3 aromatic rings. The van der Waals surface area contributed by atoms with Gasteiger partial charge in [-0.25, -0.2) is 0 Å². The number of nitrogens with zero attached hydrogens (tertiary/aromatic N) is 2. The molecule has 1 aromatic carbocycles. The Morgan fingerprint density at radius 2 is 2.13 bits per heavy atom. The summed E-state index contributed by atoms with van der Waals surface area (Å²) in [6.45, 7) is 1.76. The summed E-state index contributed by atoms with van der Waals surface area (Å²) in [5, 5.41) is 3.02. The van der Waals surface area contributed by atoms with Gasteiger partial charge in [0.2, 0.25) is 0 Å². The van der Waals surface area contributed by atoms with Crippen LogP contribution in [0.2, 0.25) is 0 Å². The molecule has 1 fully saturated rings. The predicted octanol–water partition coefficient (Wildman–Crippen LogP) is 3.45. The monoisotopic (exact) mass is 326 g/mol. The van der Waals surface area contributed by atoms with Gasteiger partial charge in [-0.05, 0) is 18.2 Å². The van der Waals surface area contributed by atoms with Gasteiger partial charge in [-0.3, -0.25) is 4.79 Å². The average molecular weight is 326 g/mol. The quantitative estimate of drug-likeness (QED) is 0.723. The van der Waals surface area contributed by atoms with Gasteiger partial charge in [0.1, 0.15) is 0 Å². The molecule has 3 heterocycles. The van der Waals surface area contributed by atoms with Gasteiger partial charge in [0.05, 0.1) is 24.8 Å². The molecule has 0 aliphatic carbocycles. The first-order valence-corrected chi connectivity index (χ1v) is 8.60. The molecule has 0 saturated carbocycles. The summed E-state index contributed by atoms with van der Waals surface area (Å²) >= 11 is 1.62. The molecule has 1 amide bonds. The van der Waals surface area contributed by atoms with Crippen molar-refractivity contribution >= 4 is 27.3 Å². The number of benzene rings is 1. The molecule has 0 spiro atoms. The van der Waals surface area contributed by atoms with E-state index in [4.69, 9.17) is 4.74 Å². The lowest BCUT2D eigenvalue weighted by atomic mass is 10.1. The second-order valence-corrected chi connectivity index (χ2v) is 6.69. The van der Waals surface area contributed by atoms with Crippen LogP contribution in [-0.2, 0) is 11.8 Å². The van der Waals surface area contributed by atoms with Crippen molar-refractivity contribution in [2.75, 3.05) is 19.8 Å². The molecule has 0 bridgehead atoms.